The molecule has 0 atom stereocenters. The van der Waals surface area contributed by atoms with E-state index in [9.17, 15) is 0 Å². The Morgan fingerprint density at radius 2 is 0.588 bits per heavy atom. The van der Waals surface area contributed by atoms with Gasteiger partial charge in [0.05, 0.1) is 22.1 Å². The van der Waals surface area contributed by atoms with Crippen molar-refractivity contribution >= 4 is 43.6 Å². The smallest absolute Gasteiger partial charge is 0.238 e. The van der Waals surface area contributed by atoms with Gasteiger partial charge in [0.2, 0.25) is 5.95 Å². The second-order valence-electron chi connectivity index (χ2n) is 16.7. The molecule has 0 aliphatic heterocycles. The molecule has 68 heavy (non-hydrogen) atoms. The van der Waals surface area contributed by atoms with Gasteiger partial charge in [-0.15, -0.1) is 0 Å². The van der Waals surface area contributed by atoms with Crippen LogP contribution in [0.1, 0.15) is 0 Å². The van der Waals surface area contributed by atoms with Gasteiger partial charge >= 0.3 is 0 Å². The third kappa shape index (κ3) is 6.70. The first-order valence-corrected chi connectivity index (χ1v) is 22.6. The summed E-state index contributed by atoms with van der Waals surface area (Å²) in [6.45, 7) is 0. The molecule has 0 bridgehead atoms. The summed E-state index contributed by atoms with van der Waals surface area (Å²) in [5, 5.41) is 4.59. The third-order valence-corrected chi connectivity index (χ3v) is 12.6. The molecule has 0 saturated carbocycles. The van der Waals surface area contributed by atoms with Gasteiger partial charge in [-0.25, -0.2) is 19.9 Å². The van der Waals surface area contributed by atoms with Gasteiger partial charge in [0, 0.05) is 55.0 Å². The Hall–Kier alpha value is -9.40. The molecule has 9 aromatic carbocycles. The quantitative estimate of drug-likeness (QED) is 0.151. The molecule has 4 aromatic heterocycles. The predicted molar refractivity (Wildman–Crippen MR) is 275 cm³/mol. The van der Waals surface area contributed by atoms with E-state index in [1.165, 1.54) is 21.9 Å². The van der Waals surface area contributed by atoms with Crippen LogP contribution in [0, 0.1) is 0 Å². The largest absolute Gasteiger partial charge is 0.309 e. The summed E-state index contributed by atoms with van der Waals surface area (Å²) in [5.41, 5.74) is 12.0. The van der Waals surface area contributed by atoms with E-state index in [4.69, 9.17) is 29.9 Å². The molecule has 0 spiro atoms. The Labute approximate surface area is 391 Å². The molecule has 4 heterocycles. The van der Waals surface area contributed by atoms with Crippen LogP contribution in [-0.2, 0) is 0 Å². The number of nitrogens with zero attached hydrogens (tertiary/aromatic N) is 8. The van der Waals surface area contributed by atoms with E-state index in [2.05, 4.69) is 130 Å². The summed E-state index contributed by atoms with van der Waals surface area (Å²) >= 11 is 0. The lowest BCUT2D eigenvalue weighted by Gasteiger charge is -2.12. The highest BCUT2D eigenvalue weighted by atomic mass is 15.2. The van der Waals surface area contributed by atoms with Crippen LogP contribution >= 0.6 is 0 Å². The molecule has 0 N–H and O–H groups in total. The Morgan fingerprint density at radius 1 is 0.235 bits per heavy atom. The molecule has 0 amide bonds. The average Bonchev–Trinajstić information content (AvgIpc) is 3.95. The zero-order valence-electron chi connectivity index (χ0n) is 36.5. The second-order valence-corrected chi connectivity index (χ2v) is 16.7. The standard InChI is InChI=1S/C60H38N8/c1-5-18-39(19-6-1)40-32-34-46(35-33-40)67-49-30-15-13-28-47(49)53-51(67)36-37-52-54(53)48-29-14-16-31-50(48)68(52)60-65-57(43-24-11-4-12-25-43)64-59(66-60)45-27-17-26-44(38-45)58-62-55(41-20-7-2-8-21-41)61-56(63-58)42-22-9-3-10-23-42/h1-38H. The van der Waals surface area contributed by atoms with Crippen molar-refractivity contribution in [1.29, 1.82) is 0 Å². The van der Waals surface area contributed by atoms with Crippen LogP contribution < -0.4 is 0 Å². The van der Waals surface area contributed by atoms with Crippen LogP contribution in [0.15, 0.2) is 231 Å². The first-order valence-electron chi connectivity index (χ1n) is 22.6. The molecule has 0 aliphatic carbocycles. The molecule has 0 radical (unpaired) electrons. The van der Waals surface area contributed by atoms with Crippen molar-refractivity contribution in [2.24, 2.45) is 0 Å². The molecule has 8 nitrogen and oxygen atoms in total. The molecule has 0 unspecified atom stereocenters. The summed E-state index contributed by atoms with van der Waals surface area (Å²) in [5.74, 6) is 3.35. The topological polar surface area (TPSA) is 87.2 Å². The number of hydrogen-bond acceptors (Lipinski definition) is 6. The Balaban J connectivity index is 1.00. The van der Waals surface area contributed by atoms with E-state index in [0.29, 0.717) is 35.1 Å². The third-order valence-electron chi connectivity index (χ3n) is 12.6. The Bertz CT molecular complexity index is 3940. The van der Waals surface area contributed by atoms with Crippen LogP contribution in [0.4, 0.5) is 0 Å². The van der Waals surface area contributed by atoms with Crippen molar-refractivity contribution in [2.45, 2.75) is 0 Å². The number of para-hydroxylation sites is 2. The highest BCUT2D eigenvalue weighted by molar-refractivity contribution is 6.28. The van der Waals surface area contributed by atoms with E-state index in [1.54, 1.807) is 0 Å². The minimum atomic E-state index is 0.517. The fourth-order valence-corrected chi connectivity index (χ4v) is 9.49. The van der Waals surface area contributed by atoms with Gasteiger partial charge in [-0.1, -0.05) is 188 Å². The van der Waals surface area contributed by atoms with Gasteiger partial charge in [-0.05, 0) is 53.6 Å². The lowest BCUT2D eigenvalue weighted by atomic mass is 10.1. The molecule has 318 valence electrons. The van der Waals surface area contributed by atoms with Gasteiger partial charge < -0.3 is 4.57 Å². The van der Waals surface area contributed by atoms with Gasteiger partial charge in [-0.3, -0.25) is 4.57 Å². The normalized spacial score (nSPS) is 11.5. The highest BCUT2D eigenvalue weighted by Gasteiger charge is 2.23. The minimum Gasteiger partial charge on any atom is -0.309 e. The summed E-state index contributed by atoms with van der Waals surface area (Å²) in [6, 6.07) is 79.3. The van der Waals surface area contributed by atoms with Gasteiger partial charge in [-0.2, -0.15) is 9.97 Å². The summed E-state index contributed by atoms with van der Waals surface area (Å²) in [7, 11) is 0. The molecule has 0 fully saturated rings. The zero-order chi connectivity index (χ0) is 45.0. The summed E-state index contributed by atoms with van der Waals surface area (Å²) in [6.07, 6.45) is 0. The van der Waals surface area contributed by atoms with Crippen molar-refractivity contribution in [2.75, 3.05) is 0 Å². The van der Waals surface area contributed by atoms with Crippen LogP contribution in [0.5, 0.6) is 0 Å². The average molecular weight is 871 g/mol. The SMILES string of the molecule is c1ccc(-c2ccc(-n3c4ccccc4c4c5c6ccccc6n(-c6nc(-c7ccccc7)nc(-c7cccc(-c8nc(-c9ccccc9)nc(-c9ccccc9)n8)c7)n6)c5ccc43)cc2)cc1. The van der Waals surface area contributed by atoms with Crippen molar-refractivity contribution in [1.82, 2.24) is 39.0 Å². The maximum absolute atomic E-state index is 5.35. The van der Waals surface area contributed by atoms with Gasteiger partial charge in [0.1, 0.15) is 0 Å². The molecule has 13 aromatic rings. The predicted octanol–water partition coefficient (Wildman–Crippen LogP) is 14.3. The van der Waals surface area contributed by atoms with Gasteiger partial charge in [0.15, 0.2) is 29.1 Å². The molecule has 8 heteroatoms. The van der Waals surface area contributed by atoms with Crippen LogP contribution in [-0.4, -0.2) is 39.0 Å². The van der Waals surface area contributed by atoms with Crippen LogP contribution in [0.3, 0.4) is 0 Å². The second kappa shape index (κ2) is 16.2. The van der Waals surface area contributed by atoms with E-state index >= 15 is 0 Å². The minimum absolute atomic E-state index is 0.517. The number of rotatable bonds is 8. The molecule has 13 rings (SSSR count). The van der Waals surface area contributed by atoms with Crippen LogP contribution in [0.2, 0.25) is 0 Å². The van der Waals surface area contributed by atoms with E-state index < -0.39 is 0 Å². The van der Waals surface area contributed by atoms with Crippen molar-refractivity contribution in [3.8, 4) is 79.7 Å². The first kappa shape index (κ1) is 39.0. The number of aromatic nitrogens is 8. The lowest BCUT2D eigenvalue weighted by molar-refractivity contribution is 0.953. The lowest BCUT2D eigenvalue weighted by Crippen LogP contribution is -2.06. The molecular formula is C60H38N8. The summed E-state index contributed by atoms with van der Waals surface area (Å²) in [4.78, 5) is 30.8. The van der Waals surface area contributed by atoms with Crippen molar-refractivity contribution in [3.63, 3.8) is 0 Å². The molecular weight excluding hydrogens is 833 g/mol. The first-order chi connectivity index (χ1) is 33.7. The fourth-order valence-electron chi connectivity index (χ4n) is 9.49. The maximum Gasteiger partial charge on any atom is 0.238 e. The maximum atomic E-state index is 5.35. The fraction of sp³-hybridized carbons (Fsp3) is 0. The van der Waals surface area contributed by atoms with Crippen molar-refractivity contribution in [3.05, 3.63) is 231 Å². The zero-order valence-corrected chi connectivity index (χ0v) is 36.5. The number of benzene rings is 9. The summed E-state index contributed by atoms with van der Waals surface area (Å²) < 4.78 is 4.57. The van der Waals surface area contributed by atoms with E-state index in [0.717, 1.165) is 66.3 Å². The Morgan fingerprint density at radius 3 is 1.09 bits per heavy atom. The monoisotopic (exact) mass is 870 g/mol. The van der Waals surface area contributed by atoms with Gasteiger partial charge in [0.25, 0.3) is 0 Å². The Kier molecular flexibility index (Phi) is 9.31. The van der Waals surface area contributed by atoms with Crippen molar-refractivity contribution < 1.29 is 0 Å². The van der Waals surface area contributed by atoms with E-state index in [-0.39, 0.29) is 0 Å². The highest BCUT2D eigenvalue weighted by Crippen LogP contribution is 2.42. The number of fused-ring (bicyclic) bond motifs is 7. The van der Waals surface area contributed by atoms with Crippen LogP contribution in [0.25, 0.3) is 123 Å². The number of hydrogen-bond donors (Lipinski definition) is 0. The molecule has 0 aliphatic rings. The molecule has 0 saturated heterocycles. The van der Waals surface area contributed by atoms with E-state index in [1.807, 2.05) is 109 Å².